The second kappa shape index (κ2) is 8.39. The fourth-order valence-corrected chi connectivity index (χ4v) is 3.60. The number of nitrogens with zero attached hydrogens (tertiary/aromatic N) is 2. The van der Waals surface area contributed by atoms with E-state index in [1.165, 1.54) is 35.9 Å². The maximum atomic E-state index is 13.9. The SMILES string of the molecule is COC(=O)[C@@H]1C[C@@H](Oc2ccccc2F)CN1C(=O)c1cccnc1SC. The van der Waals surface area contributed by atoms with Crippen LogP contribution < -0.4 is 4.74 Å². The first-order chi connectivity index (χ1) is 13.0. The molecule has 0 unspecified atom stereocenters. The number of thioether (sulfide) groups is 1. The number of esters is 1. The van der Waals surface area contributed by atoms with Gasteiger partial charge >= 0.3 is 5.97 Å². The Morgan fingerprint density at radius 3 is 2.74 bits per heavy atom. The predicted molar refractivity (Wildman–Crippen MR) is 98.3 cm³/mol. The van der Waals surface area contributed by atoms with Gasteiger partial charge in [0, 0.05) is 12.6 Å². The molecule has 1 aromatic heterocycles. The van der Waals surface area contributed by atoms with Crippen molar-refractivity contribution in [1.29, 1.82) is 0 Å². The Morgan fingerprint density at radius 1 is 1.26 bits per heavy atom. The number of hydrogen-bond acceptors (Lipinski definition) is 6. The minimum absolute atomic E-state index is 0.0894. The lowest BCUT2D eigenvalue weighted by atomic mass is 10.2. The molecule has 1 fully saturated rings. The summed E-state index contributed by atoms with van der Waals surface area (Å²) in [6.45, 7) is 0.148. The molecule has 2 aromatic rings. The third-order valence-corrected chi connectivity index (χ3v) is 5.03. The standard InChI is InChI=1S/C19H19FN2O4S/c1-25-19(24)15-10-12(26-16-8-4-3-7-14(16)20)11-22(15)18(23)13-6-5-9-21-17(13)27-2/h3-9,12,15H,10-11H2,1-2H3/t12-,15+/m1/s1. The summed E-state index contributed by atoms with van der Waals surface area (Å²) in [7, 11) is 1.27. The molecule has 2 atom stereocenters. The lowest BCUT2D eigenvalue weighted by Gasteiger charge is -2.23. The van der Waals surface area contributed by atoms with Crippen LogP contribution in [0.4, 0.5) is 4.39 Å². The van der Waals surface area contributed by atoms with Crippen LogP contribution in [-0.4, -0.2) is 53.8 Å². The molecule has 8 heteroatoms. The average Bonchev–Trinajstić information content (AvgIpc) is 3.12. The molecule has 0 aliphatic carbocycles. The van der Waals surface area contributed by atoms with Gasteiger partial charge in [0.1, 0.15) is 17.2 Å². The van der Waals surface area contributed by atoms with Gasteiger partial charge in [0.05, 0.1) is 19.2 Å². The predicted octanol–water partition coefficient (Wildman–Crippen LogP) is 2.78. The van der Waals surface area contributed by atoms with Crippen molar-refractivity contribution in [2.45, 2.75) is 23.6 Å². The highest BCUT2D eigenvalue weighted by Gasteiger charge is 2.42. The number of rotatable bonds is 5. The molecule has 0 radical (unpaired) electrons. The normalized spacial score (nSPS) is 19.0. The van der Waals surface area contributed by atoms with Crippen LogP contribution >= 0.6 is 11.8 Å². The molecule has 1 aromatic carbocycles. The number of ether oxygens (including phenoxy) is 2. The van der Waals surface area contributed by atoms with Crippen molar-refractivity contribution >= 4 is 23.6 Å². The third-order valence-electron chi connectivity index (χ3n) is 4.32. The average molecular weight is 390 g/mol. The first-order valence-electron chi connectivity index (χ1n) is 8.34. The van der Waals surface area contributed by atoms with Crippen molar-refractivity contribution in [3.8, 4) is 5.75 Å². The lowest BCUT2D eigenvalue weighted by molar-refractivity contribution is -0.145. The summed E-state index contributed by atoms with van der Waals surface area (Å²) in [4.78, 5) is 30.9. The molecule has 0 N–H and O–H groups in total. The summed E-state index contributed by atoms with van der Waals surface area (Å²) in [5.74, 6) is -1.26. The van der Waals surface area contributed by atoms with Crippen LogP contribution in [0.5, 0.6) is 5.75 Å². The highest BCUT2D eigenvalue weighted by atomic mass is 32.2. The molecule has 1 aliphatic rings. The molecule has 2 heterocycles. The number of hydrogen-bond donors (Lipinski definition) is 0. The highest BCUT2D eigenvalue weighted by molar-refractivity contribution is 7.98. The molecule has 1 aliphatic heterocycles. The highest BCUT2D eigenvalue weighted by Crippen LogP contribution is 2.28. The zero-order chi connectivity index (χ0) is 19.4. The van der Waals surface area contributed by atoms with Gasteiger partial charge in [-0.15, -0.1) is 11.8 Å². The quantitative estimate of drug-likeness (QED) is 0.578. The van der Waals surface area contributed by atoms with E-state index in [1.54, 1.807) is 30.5 Å². The van der Waals surface area contributed by atoms with Crippen molar-refractivity contribution in [2.24, 2.45) is 0 Å². The van der Waals surface area contributed by atoms with Crippen molar-refractivity contribution in [3.05, 3.63) is 54.0 Å². The molecule has 1 saturated heterocycles. The zero-order valence-corrected chi connectivity index (χ0v) is 15.7. The molecule has 0 spiro atoms. The maximum Gasteiger partial charge on any atom is 0.328 e. The summed E-state index contributed by atoms with van der Waals surface area (Å²) >= 11 is 1.35. The maximum absolute atomic E-state index is 13.9. The number of pyridine rings is 1. The van der Waals surface area contributed by atoms with Crippen LogP contribution in [0, 0.1) is 5.82 Å². The minimum Gasteiger partial charge on any atom is -0.485 e. The van der Waals surface area contributed by atoms with Gasteiger partial charge in [-0.2, -0.15) is 0 Å². The Morgan fingerprint density at radius 2 is 2.04 bits per heavy atom. The Bertz CT molecular complexity index is 848. The summed E-state index contributed by atoms with van der Waals surface area (Å²) in [6, 6.07) is 8.58. The van der Waals surface area contributed by atoms with Crippen LogP contribution in [0.2, 0.25) is 0 Å². The Kier molecular flexibility index (Phi) is 5.95. The first-order valence-corrected chi connectivity index (χ1v) is 9.56. The van der Waals surface area contributed by atoms with Gasteiger partial charge in [-0.25, -0.2) is 14.2 Å². The van der Waals surface area contributed by atoms with Crippen molar-refractivity contribution in [1.82, 2.24) is 9.88 Å². The number of aromatic nitrogens is 1. The number of benzene rings is 1. The fourth-order valence-electron chi connectivity index (χ4n) is 3.06. The van der Waals surface area contributed by atoms with Crippen LogP contribution in [0.25, 0.3) is 0 Å². The van der Waals surface area contributed by atoms with E-state index in [-0.39, 0.29) is 24.6 Å². The number of amides is 1. The van der Waals surface area contributed by atoms with Gasteiger partial charge in [-0.3, -0.25) is 4.79 Å². The van der Waals surface area contributed by atoms with Crippen LogP contribution in [0.1, 0.15) is 16.8 Å². The van der Waals surface area contributed by atoms with Gasteiger partial charge in [0.2, 0.25) is 0 Å². The number of carbonyl (C=O) groups is 2. The van der Waals surface area contributed by atoms with Gasteiger partial charge in [-0.05, 0) is 30.5 Å². The molecule has 6 nitrogen and oxygen atoms in total. The lowest BCUT2D eigenvalue weighted by Crippen LogP contribution is -2.41. The molecular weight excluding hydrogens is 371 g/mol. The number of methoxy groups -OCH3 is 1. The van der Waals surface area contributed by atoms with E-state index in [4.69, 9.17) is 9.47 Å². The Hall–Kier alpha value is -2.61. The van der Waals surface area contributed by atoms with E-state index in [0.29, 0.717) is 10.6 Å². The van der Waals surface area contributed by atoms with Crippen molar-refractivity contribution < 1.29 is 23.5 Å². The summed E-state index contributed by atoms with van der Waals surface area (Å²) in [6.07, 6.45) is 3.13. The number of halogens is 1. The van der Waals surface area contributed by atoms with Crippen LogP contribution in [0.3, 0.4) is 0 Å². The number of carbonyl (C=O) groups excluding carboxylic acids is 2. The second-order valence-electron chi connectivity index (χ2n) is 5.96. The molecular formula is C19H19FN2O4S. The fraction of sp³-hybridized carbons (Fsp3) is 0.316. The van der Waals surface area contributed by atoms with E-state index in [1.807, 2.05) is 6.26 Å². The summed E-state index contributed by atoms with van der Waals surface area (Å²) in [5, 5.41) is 0.574. The molecule has 0 bridgehead atoms. The Labute approximate surface area is 160 Å². The smallest absolute Gasteiger partial charge is 0.328 e. The first kappa shape index (κ1) is 19.2. The molecule has 0 saturated carbocycles. The minimum atomic E-state index is -0.797. The number of likely N-dealkylation sites (tertiary alicyclic amines) is 1. The van der Waals surface area contributed by atoms with E-state index < -0.39 is 23.9 Å². The largest absolute Gasteiger partial charge is 0.485 e. The van der Waals surface area contributed by atoms with Crippen molar-refractivity contribution in [3.63, 3.8) is 0 Å². The number of para-hydroxylation sites is 1. The third kappa shape index (κ3) is 4.05. The van der Waals surface area contributed by atoms with E-state index in [0.717, 1.165) is 0 Å². The van der Waals surface area contributed by atoms with E-state index in [2.05, 4.69) is 4.98 Å². The topological polar surface area (TPSA) is 68.7 Å². The van der Waals surface area contributed by atoms with E-state index >= 15 is 0 Å². The zero-order valence-electron chi connectivity index (χ0n) is 14.9. The van der Waals surface area contributed by atoms with Crippen molar-refractivity contribution in [2.75, 3.05) is 19.9 Å². The van der Waals surface area contributed by atoms with E-state index in [9.17, 15) is 14.0 Å². The Balaban J connectivity index is 1.85. The second-order valence-corrected chi connectivity index (χ2v) is 6.76. The summed E-state index contributed by atoms with van der Waals surface area (Å²) in [5.41, 5.74) is 0.408. The van der Waals surface area contributed by atoms with Gasteiger partial charge in [0.25, 0.3) is 5.91 Å². The van der Waals surface area contributed by atoms with Gasteiger partial charge in [-0.1, -0.05) is 12.1 Å². The van der Waals surface area contributed by atoms with Crippen LogP contribution in [0.15, 0.2) is 47.6 Å². The van der Waals surface area contributed by atoms with Gasteiger partial charge < -0.3 is 14.4 Å². The monoisotopic (exact) mass is 390 g/mol. The molecule has 27 heavy (non-hydrogen) atoms. The molecule has 3 rings (SSSR count). The van der Waals surface area contributed by atoms with Gasteiger partial charge in [0.15, 0.2) is 11.6 Å². The molecule has 1 amide bonds. The molecule has 142 valence electrons. The van der Waals surface area contributed by atoms with Crippen LogP contribution in [-0.2, 0) is 9.53 Å². The summed E-state index contributed by atoms with van der Waals surface area (Å²) < 4.78 is 24.4.